The molecule has 1 aliphatic rings. The van der Waals surface area contributed by atoms with E-state index in [9.17, 15) is 0 Å². The van der Waals surface area contributed by atoms with Crippen LogP contribution in [0.1, 0.15) is 18.5 Å². The van der Waals surface area contributed by atoms with Crippen LogP contribution in [-0.2, 0) is 6.54 Å². The quantitative estimate of drug-likeness (QED) is 0.757. The lowest BCUT2D eigenvalue weighted by molar-refractivity contribution is 0.284. The number of aromatic nitrogens is 1. The molecule has 0 aromatic carbocycles. The van der Waals surface area contributed by atoms with Gasteiger partial charge in [-0.3, -0.25) is 9.88 Å². The number of anilines is 1. The van der Waals surface area contributed by atoms with Gasteiger partial charge < -0.3 is 5.73 Å². The van der Waals surface area contributed by atoms with Gasteiger partial charge in [-0.2, -0.15) is 0 Å². The summed E-state index contributed by atoms with van der Waals surface area (Å²) in [6.45, 7) is 2.50. The average Bonchev–Trinajstić information content (AvgIpc) is 3.06. The van der Waals surface area contributed by atoms with Gasteiger partial charge in [-0.1, -0.05) is 5.92 Å². The van der Waals surface area contributed by atoms with Gasteiger partial charge in [0.25, 0.3) is 0 Å². The molecule has 0 saturated heterocycles. The predicted molar refractivity (Wildman–Crippen MR) is 65.5 cm³/mol. The lowest BCUT2D eigenvalue weighted by Gasteiger charge is -2.19. The number of rotatable bonds is 5. The van der Waals surface area contributed by atoms with E-state index in [1.54, 1.807) is 6.20 Å². The summed E-state index contributed by atoms with van der Waals surface area (Å²) < 4.78 is 0. The highest BCUT2D eigenvalue weighted by molar-refractivity contribution is 5.41. The zero-order valence-corrected chi connectivity index (χ0v) is 9.39. The number of pyridine rings is 1. The highest BCUT2D eigenvalue weighted by Crippen LogP contribution is 2.30. The second-order valence-electron chi connectivity index (χ2n) is 4.36. The Kier molecular flexibility index (Phi) is 3.43. The lowest BCUT2D eigenvalue weighted by Crippen LogP contribution is -2.26. The van der Waals surface area contributed by atoms with E-state index in [0.29, 0.717) is 6.54 Å². The van der Waals surface area contributed by atoms with Gasteiger partial charge in [-0.05, 0) is 30.9 Å². The van der Waals surface area contributed by atoms with Crippen LogP contribution in [0.3, 0.4) is 0 Å². The Morgan fingerprint density at radius 1 is 1.56 bits per heavy atom. The topological polar surface area (TPSA) is 42.2 Å². The van der Waals surface area contributed by atoms with Crippen molar-refractivity contribution in [3.05, 3.63) is 24.0 Å². The van der Waals surface area contributed by atoms with Gasteiger partial charge in [-0.15, -0.1) is 6.42 Å². The van der Waals surface area contributed by atoms with Crippen LogP contribution in [-0.4, -0.2) is 23.0 Å². The minimum atomic E-state index is 0.673. The van der Waals surface area contributed by atoms with Crippen molar-refractivity contribution in [2.24, 2.45) is 5.92 Å². The van der Waals surface area contributed by atoms with Crippen LogP contribution in [0, 0.1) is 18.3 Å². The van der Waals surface area contributed by atoms with Gasteiger partial charge >= 0.3 is 0 Å². The molecule has 0 amide bonds. The van der Waals surface area contributed by atoms with E-state index in [0.717, 1.165) is 30.4 Å². The van der Waals surface area contributed by atoms with Crippen molar-refractivity contribution in [3.8, 4) is 12.3 Å². The largest absolute Gasteiger partial charge is 0.397 e. The van der Waals surface area contributed by atoms with E-state index >= 15 is 0 Å². The van der Waals surface area contributed by atoms with E-state index in [-0.39, 0.29) is 0 Å². The van der Waals surface area contributed by atoms with Crippen molar-refractivity contribution in [1.82, 2.24) is 9.88 Å². The molecule has 1 aromatic rings. The standard InChI is InChI=1S/C13H17N3/c1-2-8-16(9-11-5-6-11)10-13-12(14)4-3-7-15-13/h1,3-4,7,11H,5-6,8-10,14H2. The molecular weight excluding hydrogens is 198 g/mol. The van der Waals surface area contributed by atoms with Crippen LogP contribution in [0.15, 0.2) is 18.3 Å². The summed E-state index contributed by atoms with van der Waals surface area (Å²) in [4.78, 5) is 6.54. The van der Waals surface area contributed by atoms with Gasteiger partial charge in [0.1, 0.15) is 0 Å². The maximum Gasteiger partial charge on any atom is 0.0773 e. The molecule has 0 radical (unpaired) electrons. The molecule has 0 unspecified atom stereocenters. The number of nitrogens with two attached hydrogens (primary N) is 1. The van der Waals surface area contributed by atoms with Crippen LogP contribution in [0.25, 0.3) is 0 Å². The van der Waals surface area contributed by atoms with Crippen LogP contribution < -0.4 is 5.73 Å². The minimum Gasteiger partial charge on any atom is -0.397 e. The highest BCUT2D eigenvalue weighted by Gasteiger charge is 2.24. The van der Waals surface area contributed by atoms with Gasteiger partial charge in [0.15, 0.2) is 0 Å². The van der Waals surface area contributed by atoms with Crippen molar-refractivity contribution in [2.45, 2.75) is 19.4 Å². The summed E-state index contributed by atoms with van der Waals surface area (Å²) in [5, 5.41) is 0. The molecule has 0 aliphatic heterocycles. The van der Waals surface area contributed by atoms with Gasteiger partial charge in [0, 0.05) is 19.3 Å². The highest BCUT2D eigenvalue weighted by atomic mass is 15.1. The Bertz CT molecular complexity index is 390. The Hall–Kier alpha value is -1.53. The van der Waals surface area contributed by atoms with Crippen LogP contribution in [0.2, 0.25) is 0 Å². The van der Waals surface area contributed by atoms with Crippen molar-refractivity contribution in [2.75, 3.05) is 18.8 Å². The summed E-state index contributed by atoms with van der Waals surface area (Å²) in [7, 11) is 0. The minimum absolute atomic E-state index is 0.673. The van der Waals surface area contributed by atoms with Crippen LogP contribution in [0.5, 0.6) is 0 Å². The normalized spacial score (nSPS) is 15.0. The Morgan fingerprint density at radius 2 is 2.38 bits per heavy atom. The summed E-state index contributed by atoms with van der Waals surface area (Å²) >= 11 is 0. The van der Waals surface area contributed by atoms with Gasteiger partial charge in [0.2, 0.25) is 0 Å². The SMILES string of the molecule is C#CCN(Cc1ncccc1N)CC1CC1. The molecule has 0 atom stereocenters. The summed E-state index contributed by atoms with van der Waals surface area (Å²) in [6, 6.07) is 3.73. The molecule has 2 N–H and O–H groups in total. The first-order valence-corrected chi connectivity index (χ1v) is 5.65. The van der Waals surface area contributed by atoms with Gasteiger partial charge in [0.05, 0.1) is 17.9 Å². The summed E-state index contributed by atoms with van der Waals surface area (Å²) in [5.41, 5.74) is 7.55. The molecule has 2 rings (SSSR count). The molecule has 0 spiro atoms. The van der Waals surface area contributed by atoms with Crippen molar-refractivity contribution < 1.29 is 0 Å². The third-order valence-corrected chi connectivity index (χ3v) is 2.83. The number of hydrogen-bond acceptors (Lipinski definition) is 3. The molecule has 16 heavy (non-hydrogen) atoms. The zero-order valence-electron chi connectivity index (χ0n) is 9.39. The predicted octanol–water partition coefficient (Wildman–Crippen LogP) is 1.51. The van der Waals surface area contributed by atoms with E-state index in [1.807, 2.05) is 12.1 Å². The van der Waals surface area contributed by atoms with Crippen molar-refractivity contribution >= 4 is 5.69 Å². The Morgan fingerprint density at radius 3 is 3.00 bits per heavy atom. The molecule has 3 nitrogen and oxygen atoms in total. The first-order chi connectivity index (χ1) is 7.79. The number of terminal acetylenes is 1. The molecule has 3 heteroatoms. The summed E-state index contributed by atoms with van der Waals surface area (Å²) in [5.74, 6) is 3.53. The second kappa shape index (κ2) is 5.00. The van der Waals surface area contributed by atoms with Crippen molar-refractivity contribution in [1.29, 1.82) is 0 Å². The average molecular weight is 215 g/mol. The third kappa shape index (κ3) is 2.98. The maximum absolute atomic E-state index is 5.87. The molecule has 84 valence electrons. The number of hydrogen-bond donors (Lipinski definition) is 1. The van der Waals surface area contributed by atoms with E-state index in [4.69, 9.17) is 12.2 Å². The first-order valence-electron chi connectivity index (χ1n) is 5.65. The molecule has 1 aromatic heterocycles. The number of nitrogen functional groups attached to an aromatic ring is 1. The van der Waals surface area contributed by atoms with E-state index in [2.05, 4.69) is 15.8 Å². The molecule has 1 aliphatic carbocycles. The third-order valence-electron chi connectivity index (χ3n) is 2.83. The fourth-order valence-electron chi connectivity index (χ4n) is 1.77. The Balaban J connectivity index is 1.98. The molecular formula is C13H17N3. The molecule has 1 heterocycles. The smallest absolute Gasteiger partial charge is 0.0773 e. The molecule has 1 fully saturated rings. The second-order valence-corrected chi connectivity index (χ2v) is 4.36. The summed E-state index contributed by atoms with van der Waals surface area (Å²) in [6.07, 6.45) is 9.81. The van der Waals surface area contributed by atoms with E-state index in [1.165, 1.54) is 12.8 Å². The monoisotopic (exact) mass is 215 g/mol. The fourth-order valence-corrected chi connectivity index (χ4v) is 1.77. The Labute approximate surface area is 96.7 Å². The van der Waals surface area contributed by atoms with Gasteiger partial charge in [-0.25, -0.2) is 0 Å². The van der Waals surface area contributed by atoms with Crippen molar-refractivity contribution in [3.63, 3.8) is 0 Å². The zero-order chi connectivity index (χ0) is 11.4. The van der Waals surface area contributed by atoms with Crippen LogP contribution in [0.4, 0.5) is 5.69 Å². The number of nitrogens with zero attached hydrogens (tertiary/aromatic N) is 2. The molecule has 0 bridgehead atoms. The first kappa shape index (κ1) is 11.0. The lowest BCUT2D eigenvalue weighted by atomic mass is 10.2. The maximum atomic E-state index is 5.87. The molecule has 1 saturated carbocycles. The fraction of sp³-hybridized carbons (Fsp3) is 0.462. The van der Waals surface area contributed by atoms with E-state index < -0.39 is 0 Å². The van der Waals surface area contributed by atoms with Crippen LogP contribution >= 0.6 is 0 Å².